The van der Waals surface area contributed by atoms with Crippen molar-refractivity contribution in [3.8, 4) is 5.75 Å². The summed E-state index contributed by atoms with van der Waals surface area (Å²) in [5, 5.41) is 19.1. The van der Waals surface area contributed by atoms with Crippen LogP contribution in [-0.2, 0) is 17.9 Å². The van der Waals surface area contributed by atoms with Crippen LogP contribution in [0.1, 0.15) is 18.3 Å². The molecule has 1 aromatic rings. The molecular weight excluding hydrogens is 286 g/mol. The summed E-state index contributed by atoms with van der Waals surface area (Å²) in [7, 11) is 0. The molecule has 2 rings (SSSR count). The number of likely N-dealkylation sites (N-methyl/N-ethyl adjacent to an activating group) is 1. The van der Waals surface area contributed by atoms with Gasteiger partial charge in [-0.25, -0.2) is 0 Å². The number of hydrogen-bond donors (Lipinski definition) is 2. The van der Waals surface area contributed by atoms with Gasteiger partial charge in [0.05, 0.1) is 5.69 Å². The molecule has 7 heteroatoms. The molecule has 0 saturated carbocycles. The Hall–Kier alpha value is -1.86. The summed E-state index contributed by atoms with van der Waals surface area (Å²) < 4.78 is 1.51. The predicted octanol–water partition coefficient (Wildman–Crippen LogP) is 0.0844. The maximum Gasteiger partial charge on any atom is 0.323 e. The summed E-state index contributed by atoms with van der Waals surface area (Å²) in [5.74, 6) is -1.34. The zero-order valence-corrected chi connectivity index (χ0v) is 13.1. The first-order valence-corrected chi connectivity index (χ1v) is 7.51. The van der Waals surface area contributed by atoms with Crippen LogP contribution in [0.2, 0.25) is 0 Å². The maximum absolute atomic E-state index is 11.8. The minimum Gasteiger partial charge on any atom is -0.503 e. The Morgan fingerprint density at radius 1 is 1.23 bits per heavy atom. The Labute approximate surface area is 129 Å². The molecule has 7 nitrogen and oxygen atoms in total. The van der Waals surface area contributed by atoms with Gasteiger partial charge in [0.25, 0.3) is 0 Å². The Morgan fingerprint density at radius 2 is 1.82 bits per heavy atom. The van der Waals surface area contributed by atoms with Crippen LogP contribution in [0.4, 0.5) is 0 Å². The Bertz CT molecular complexity index is 604. The molecule has 0 aromatic carbocycles. The summed E-state index contributed by atoms with van der Waals surface area (Å²) in [5.41, 5.74) is 0.478. The smallest absolute Gasteiger partial charge is 0.323 e. The second-order valence-electron chi connectivity index (χ2n) is 5.64. The van der Waals surface area contributed by atoms with Crippen molar-refractivity contribution in [2.45, 2.75) is 26.9 Å². The average molecular weight is 309 g/mol. The largest absolute Gasteiger partial charge is 0.503 e. The molecule has 122 valence electrons. The Morgan fingerprint density at radius 3 is 2.36 bits per heavy atom. The van der Waals surface area contributed by atoms with Gasteiger partial charge >= 0.3 is 5.97 Å². The molecule has 0 spiro atoms. The van der Waals surface area contributed by atoms with E-state index in [2.05, 4.69) is 16.7 Å². The van der Waals surface area contributed by atoms with E-state index in [1.165, 1.54) is 10.6 Å². The van der Waals surface area contributed by atoms with Gasteiger partial charge < -0.3 is 19.7 Å². The number of aromatic nitrogens is 1. The second kappa shape index (κ2) is 6.93. The number of piperazine rings is 1. The van der Waals surface area contributed by atoms with E-state index in [0.717, 1.165) is 32.7 Å². The maximum atomic E-state index is 11.8. The normalized spacial score (nSPS) is 16.8. The van der Waals surface area contributed by atoms with Crippen LogP contribution in [-0.4, -0.2) is 63.3 Å². The summed E-state index contributed by atoms with van der Waals surface area (Å²) in [6.45, 7) is 8.48. The van der Waals surface area contributed by atoms with Crippen molar-refractivity contribution in [3.63, 3.8) is 0 Å². The first-order valence-electron chi connectivity index (χ1n) is 7.51. The van der Waals surface area contributed by atoms with Gasteiger partial charge in [0, 0.05) is 44.5 Å². The van der Waals surface area contributed by atoms with Crippen LogP contribution in [0, 0.1) is 6.92 Å². The molecule has 1 aliphatic heterocycles. The molecule has 22 heavy (non-hydrogen) atoms. The highest BCUT2D eigenvalue weighted by atomic mass is 16.4. The van der Waals surface area contributed by atoms with Gasteiger partial charge in [-0.1, -0.05) is 6.92 Å². The summed E-state index contributed by atoms with van der Waals surface area (Å²) in [6.07, 6.45) is 0. The van der Waals surface area contributed by atoms with E-state index in [9.17, 15) is 14.7 Å². The van der Waals surface area contributed by atoms with E-state index >= 15 is 0 Å². The molecular formula is C15H23N3O4. The molecule has 0 unspecified atom stereocenters. The predicted molar refractivity (Wildman–Crippen MR) is 82.1 cm³/mol. The molecule has 0 aliphatic carbocycles. The fourth-order valence-electron chi connectivity index (χ4n) is 2.81. The van der Waals surface area contributed by atoms with Gasteiger partial charge in [-0.15, -0.1) is 0 Å². The lowest BCUT2D eigenvalue weighted by Gasteiger charge is -2.34. The van der Waals surface area contributed by atoms with E-state index in [0.29, 0.717) is 17.9 Å². The van der Waals surface area contributed by atoms with Crippen molar-refractivity contribution in [2.75, 3.05) is 32.7 Å². The van der Waals surface area contributed by atoms with Crippen LogP contribution < -0.4 is 5.43 Å². The lowest BCUT2D eigenvalue weighted by molar-refractivity contribution is -0.137. The first kappa shape index (κ1) is 16.5. The number of carboxylic acid groups (broad SMARTS) is 1. The Kier molecular flexibility index (Phi) is 5.20. The fraction of sp³-hybridized carbons (Fsp3) is 0.600. The number of carbonyl (C=O) groups is 1. The molecule has 1 saturated heterocycles. The highest BCUT2D eigenvalue weighted by Crippen LogP contribution is 2.18. The van der Waals surface area contributed by atoms with Crippen molar-refractivity contribution in [3.05, 3.63) is 27.7 Å². The summed E-state index contributed by atoms with van der Waals surface area (Å²) in [4.78, 5) is 27.3. The van der Waals surface area contributed by atoms with Gasteiger partial charge in [-0.3, -0.25) is 14.5 Å². The number of aromatic hydroxyl groups is 1. The number of carboxylic acids is 1. The third kappa shape index (κ3) is 3.66. The van der Waals surface area contributed by atoms with Crippen LogP contribution in [0.25, 0.3) is 0 Å². The van der Waals surface area contributed by atoms with E-state index in [1.807, 2.05) is 0 Å². The Balaban J connectivity index is 2.25. The van der Waals surface area contributed by atoms with Crippen molar-refractivity contribution in [2.24, 2.45) is 0 Å². The molecule has 1 aliphatic rings. The molecule has 0 radical (unpaired) electrons. The quantitative estimate of drug-likeness (QED) is 0.801. The zero-order valence-electron chi connectivity index (χ0n) is 13.1. The minimum atomic E-state index is -0.997. The molecule has 0 amide bonds. The fourth-order valence-corrected chi connectivity index (χ4v) is 2.81. The molecule has 2 heterocycles. The van der Waals surface area contributed by atoms with Gasteiger partial charge in [0.1, 0.15) is 6.54 Å². The van der Waals surface area contributed by atoms with Gasteiger partial charge in [0.2, 0.25) is 5.43 Å². The second-order valence-corrected chi connectivity index (χ2v) is 5.64. The zero-order chi connectivity index (χ0) is 16.3. The first-order chi connectivity index (χ1) is 10.4. The molecule has 0 bridgehead atoms. The van der Waals surface area contributed by atoms with E-state index in [-0.39, 0.29) is 12.3 Å². The van der Waals surface area contributed by atoms with E-state index in [4.69, 9.17) is 5.11 Å². The standard InChI is InChI=1S/C15H23N3O4/c1-3-16-4-6-17(7-5-16)9-12-15(22)13(19)8-11(2)18(12)10-14(20)21/h8,22H,3-7,9-10H2,1-2H3,(H,20,21). The number of nitrogens with zero attached hydrogens (tertiary/aromatic N) is 3. The van der Waals surface area contributed by atoms with Gasteiger partial charge in [-0.05, 0) is 13.5 Å². The van der Waals surface area contributed by atoms with Crippen LogP contribution >= 0.6 is 0 Å². The van der Waals surface area contributed by atoms with Crippen LogP contribution in [0.15, 0.2) is 10.9 Å². The van der Waals surface area contributed by atoms with Crippen molar-refractivity contribution in [1.82, 2.24) is 14.4 Å². The van der Waals surface area contributed by atoms with Gasteiger partial charge in [0.15, 0.2) is 5.75 Å². The molecule has 2 N–H and O–H groups in total. The molecule has 0 atom stereocenters. The van der Waals surface area contributed by atoms with E-state index < -0.39 is 11.4 Å². The van der Waals surface area contributed by atoms with Crippen LogP contribution in [0.3, 0.4) is 0 Å². The highest BCUT2D eigenvalue weighted by molar-refractivity contribution is 5.67. The van der Waals surface area contributed by atoms with Gasteiger partial charge in [-0.2, -0.15) is 0 Å². The van der Waals surface area contributed by atoms with Crippen molar-refractivity contribution >= 4 is 5.97 Å². The third-order valence-electron chi connectivity index (χ3n) is 4.18. The highest BCUT2D eigenvalue weighted by Gasteiger charge is 2.21. The number of aryl methyl sites for hydroxylation is 1. The number of pyridine rings is 1. The number of hydrogen-bond acceptors (Lipinski definition) is 5. The van der Waals surface area contributed by atoms with Crippen molar-refractivity contribution in [1.29, 1.82) is 0 Å². The SMILES string of the molecule is CCN1CCN(Cc2c(O)c(=O)cc(C)n2CC(=O)O)CC1. The van der Waals surface area contributed by atoms with Crippen LogP contribution in [0.5, 0.6) is 5.75 Å². The number of rotatable bonds is 5. The van der Waals surface area contributed by atoms with E-state index in [1.54, 1.807) is 6.92 Å². The lowest BCUT2D eigenvalue weighted by Crippen LogP contribution is -2.46. The minimum absolute atomic E-state index is 0.260. The molecule has 1 aromatic heterocycles. The van der Waals surface area contributed by atoms with Crippen molar-refractivity contribution < 1.29 is 15.0 Å². The summed E-state index contributed by atoms with van der Waals surface area (Å²) in [6, 6.07) is 1.27. The third-order valence-corrected chi connectivity index (χ3v) is 4.18. The monoisotopic (exact) mass is 309 g/mol. The lowest BCUT2D eigenvalue weighted by atomic mass is 10.2. The summed E-state index contributed by atoms with van der Waals surface area (Å²) >= 11 is 0. The number of aliphatic carboxylic acids is 1. The average Bonchev–Trinajstić information content (AvgIpc) is 2.48. The molecule has 1 fully saturated rings. The topological polar surface area (TPSA) is 86.0 Å².